The molecule has 3 rings (SSSR count). The van der Waals surface area contributed by atoms with E-state index in [0.717, 1.165) is 32.4 Å². The molecule has 1 fully saturated rings. The molecule has 132 valence electrons. The van der Waals surface area contributed by atoms with Gasteiger partial charge in [0.25, 0.3) is 11.5 Å². The van der Waals surface area contributed by atoms with E-state index in [1.807, 2.05) is 17.9 Å². The van der Waals surface area contributed by atoms with Gasteiger partial charge in [0.2, 0.25) is 0 Å². The molecule has 1 aromatic carbocycles. The van der Waals surface area contributed by atoms with Crippen LogP contribution >= 0.6 is 0 Å². The van der Waals surface area contributed by atoms with Crippen LogP contribution in [0.5, 0.6) is 0 Å². The van der Waals surface area contributed by atoms with E-state index in [1.165, 1.54) is 18.1 Å². The Bertz CT molecular complexity index is 759. The molecule has 1 aliphatic heterocycles. The van der Waals surface area contributed by atoms with E-state index < -0.39 is 0 Å². The van der Waals surface area contributed by atoms with Crippen molar-refractivity contribution < 1.29 is 4.79 Å². The molecule has 0 saturated carbocycles. The lowest BCUT2D eigenvalue weighted by Gasteiger charge is -2.32. The molecule has 4 nitrogen and oxygen atoms in total. The Hall–Kier alpha value is -2.36. The average molecular weight is 338 g/mol. The Morgan fingerprint density at radius 2 is 1.84 bits per heavy atom. The van der Waals surface area contributed by atoms with Crippen LogP contribution in [-0.2, 0) is 13.0 Å². The van der Waals surface area contributed by atoms with Crippen LogP contribution in [0.1, 0.15) is 42.1 Å². The smallest absolute Gasteiger partial charge is 0.254 e. The number of likely N-dealkylation sites (tertiary alicyclic amines) is 1. The van der Waals surface area contributed by atoms with E-state index >= 15 is 0 Å². The number of hydrogen-bond donors (Lipinski definition) is 0. The van der Waals surface area contributed by atoms with Crippen LogP contribution in [-0.4, -0.2) is 28.5 Å². The fraction of sp³-hybridized carbons (Fsp3) is 0.429. The first kappa shape index (κ1) is 17.5. The van der Waals surface area contributed by atoms with Gasteiger partial charge in [-0.05, 0) is 50.2 Å². The van der Waals surface area contributed by atoms with Crippen molar-refractivity contribution in [2.75, 3.05) is 13.1 Å². The van der Waals surface area contributed by atoms with Gasteiger partial charge in [0.15, 0.2) is 0 Å². The van der Waals surface area contributed by atoms with Crippen LogP contribution in [0.2, 0.25) is 0 Å². The molecule has 25 heavy (non-hydrogen) atoms. The molecule has 1 saturated heterocycles. The number of rotatable bonds is 5. The highest BCUT2D eigenvalue weighted by Gasteiger charge is 2.23. The second-order valence-electron chi connectivity index (χ2n) is 6.80. The number of benzene rings is 1. The number of hydrogen-bond acceptors (Lipinski definition) is 2. The van der Waals surface area contributed by atoms with Gasteiger partial charge in [-0.25, -0.2) is 0 Å². The average Bonchev–Trinajstić information content (AvgIpc) is 2.67. The van der Waals surface area contributed by atoms with Gasteiger partial charge in [-0.1, -0.05) is 30.3 Å². The van der Waals surface area contributed by atoms with Crippen LogP contribution in [0.25, 0.3) is 0 Å². The minimum absolute atomic E-state index is 0.0122. The van der Waals surface area contributed by atoms with E-state index in [1.54, 1.807) is 16.8 Å². The minimum Gasteiger partial charge on any atom is -0.339 e. The first-order valence-corrected chi connectivity index (χ1v) is 9.21. The van der Waals surface area contributed by atoms with E-state index in [9.17, 15) is 9.59 Å². The quantitative estimate of drug-likeness (QED) is 0.839. The maximum absolute atomic E-state index is 12.6. The maximum atomic E-state index is 12.6. The van der Waals surface area contributed by atoms with Crippen molar-refractivity contribution in [2.24, 2.45) is 5.92 Å². The molecule has 4 heteroatoms. The van der Waals surface area contributed by atoms with E-state index in [0.29, 0.717) is 18.0 Å². The summed E-state index contributed by atoms with van der Waals surface area (Å²) in [7, 11) is 0. The zero-order valence-electron chi connectivity index (χ0n) is 14.9. The SMILES string of the molecule is CCn1ccc(C(=O)N2CCC(CCc3ccccc3)CC2)cc1=O. The lowest BCUT2D eigenvalue weighted by atomic mass is 9.90. The third-order valence-corrected chi connectivity index (χ3v) is 5.17. The van der Waals surface area contributed by atoms with Gasteiger partial charge in [-0.3, -0.25) is 9.59 Å². The molecule has 0 aliphatic carbocycles. The molecule has 0 bridgehead atoms. The topological polar surface area (TPSA) is 42.3 Å². The summed E-state index contributed by atoms with van der Waals surface area (Å²) < 4.78 is 1.60. The van der Waals surface area contributed by atoms with Crippen molar-refractivity contribution in [1.29, 1.82) is 0 Å². The number of aromatic nitrogens is 1. The molecule has 1 amide bonds. The zero-order chi connectivity index (χ0) is 17.6. The minimum atomic E-state index is -0.105. The number of amides is 1. The van der Waals surface area contributed by atoms with E-state index in [4.69, 9.17) is 0 Å². The highest BCUT2D eigenvalue weighted by atomic mass is 16.2. The molecule has 2 aromatic rings. The van der Waals surface area contributed by atoms with Crippen molar-refractivity contribution in [3.05, 3.63) is 70.1 Å². The lowest BCUT2D eigenvalue weighted by molar-refractivity contribution is 0.0686. The Balaban J connectivity index is 1.52. The van der Waals surface area contributed by atoms with Crippen LogP contribution in [0.3, 0.4) is 0 Å². The highest BCUT2D eigenvalue weighted by Crippen LogP contribution is 2.23. The molecule has 0 atom stereocenters. The highest BCUT2D eigenvalue weighted by molar-refractivity contribution is 5.94. The van der Waals surface area contributed by atoms with Crippen molar-refractivity contribution in [3.8, 4) is 0 Å². The molecule has 2 heterocycles. The van der Waals surface area contributed by atoms with Crippen LogP contribution < -0.4 is 5.56 Å². The number of pyridine rings is 1. The van der Waals surface area contributed by atoms with E-state index in [2.05, 4.69) is 24.3 Å². The third kappa shape index (κ3) is 4.38. The van der Waals surface area contributed by atoms with Crippen molar-refractivity contribution >= 4 is 5.91 Å². The molecular weight excluding hydrogens is 312 g/mol. The van der Waals surface area contributed by atoms with Crippen molar-refractivity contribution in [2.45, 2.75) is 39.2 Å². The zero-order valence-corrected chi connectivity index (χ0v) is 14.9. The molecule has 0 radical (unpaired) electrons. The van der Waals surface area contributed by atoms with Crippen molar-refractivity contribution in [3.63, 3.8) is 0 Å². The molecule has 0 unspecified atom stereocenters. The number of carbonyl (C=O) groups excluding carboxylic acids is 1. The van der Waals surface area contributed by atoms with E-state index in [-0.39, 0.29) is 11.5 Å². The standard InChI is InChI=1S/C21H26N2O2/c1-2-22-15-12-19(16-20(22)24)21(25)23-13-10-18(11-14-23)9-8-17-6-4-3-5-7-17/h3-7,12,15-16,18H,2,8-11,13-14H2,1H3. The largest absolute Gasteiger partial charge is 0.339 e. The number of aryl methyl sites for hydroxylation is 2. The first-order valence-electron chi connectivity index (χ1n) is 9.21. The Labute approximate surface area is 149 Å². The Kier molecular flexibility index (Phi) is 5.69. The van der Waals surface area contributed by atoms with Gasteiger partial charge in [-0.2, -0.15) is 0 Å². The van der Waals surface area contributed by atoms with Gasteiger partial charge >= 0.3 is 0 Å². The molecule has 1 aromatic heterocycles. The Morgan fingerprint density at radius 3 is 2.48 bits per heavy atom. The summed E-state index contributed by atoms with van der Waals surface area (Å²) >= 11 is 0. The number of carbonyl (C=O) groups is 1. The molecule has 1 aliphatic rings. The fourth-order valence-electron chi connectivity index (χ4n) is 3.52. The van der Waals surface area contributed by atoms with Crippen LogP contribution in [0, 0.1) is 5.92 Å². The van der Waals surface area contributed by atoms with Crippen molar-refractivity contribution in [1.82, 2.24) is 9.47 Å². The summed E-state index contributed by atoms with van der Waals surface area (Å²) in [6.45, 7) is 4.12. The normalized spacial score (nSPS) is 15.3. The van der Waals surface area contributed by atoms with Gasteiger partial charge in [0.05, 0.1) is 0 Å². The predicted molar refractivity (Wildman–Crippen MR) is 99.8 cm³/mol. The fourth-order valence-corrected chi connectivity index (χ4v) is 3.52. The summed E-state index contributed by atoms with van der Waals surface area (Å²) in [4.78, 5) is 26.4. The monoisotopic (exact) mass is 338 g/mol. The molecule has 0 N–H and O–H groups in total. The van der Waals surface area contributed by atoms with Crippen LogP contribution in [0.4, 0.5) is 0 Å². The lowest BCUT2D eigenvalue weighted by Crippen LogP contribution is -2.39. The van der Waals surface area contributed by atoms with Gasteiger partial charge < -0.3 is 9.47 Å². The third-order valence-electron chi connectivity index (χ3n) is 5.17. The molecular formula is C21H26N2O2. The van der Waals surface area contributed by atoms with Crippen LogP contribution in [0.15, 0.2) is 53.5 Å². The summed E-state index contributed by atoms with van der Waals surface area (Å²) in [5.41, 5.74) is 1.79. The first-order chi connectivity index (χ1) is 12.2. The summed E-state index contributed by atoms with van der Waals surface area (Å²) in [5.74, 6) is 0.666. The van der Waals surface area contributed by atoms with Gasteiger partial charge in [0, 0.05) is 37.5 Å². The number of piperidine rings is 1. The van der Waals surface area contributed by atoms with Gasteiger partial charge in [0.1, 0.15) is 0 Å². The second kappa shape index (κ2) is 8.15. The molecule has 0 spiro atoms. The summed E-state index contributed by atoms with van der Waals surface area (Å²) in [6, 6.07) is 13.8. The number of nitrogens with zero attached hydrogens (tertiary/aromatic N) is 2. The second-order valence-corrected chi connectivity index (χ2v) is 6.80. The summed E-state index contributed by atoms with van der Waals surface area (Å²) in [5, 5.41) is 0. The van der Waals surface area contributed by atoms with Gasteiger partial charge in [-0.15, -0.1) is 0 Å². The summed E-state index contributed by atoms with van der Waals surface area (Å²) in [6.07, 6.45) is 6.09. The predicted octanol–water partition coefficient (Wildman–Crippen LogP) is 3.35. The Morgan fingerprint density at radius 1 is 1.12 bits per heavy atom. The maximum Gasteiger partial charge on any atom is 0.254 e.